The third-order valence-electron chi connectivity index (χ3n) is 4.64. The molecule has 0 atom stereocenters. The summed E-state index contributed by atoms with van der Waals surface area (Å²) in [6, 6.07) is 12.6. The molecule has 0 saturated carbocycles. The summed E-state index contributed by atoms with van der Waals surface area (Å²) in [6.45, 7) is -0.248. The van der Waals surface area contributed by atoms with Crippen LogP contribution in [0.2, 0.25) is 0 Å². The Hall–Kier alpha value is -3.88. The van der Waals surface area contributed by atoms with Gasteiger partial charge >= 0.3 is 12.2 Å². The van der Waals surface area contributed by atoms with Gasteiger partial charge in [0.05, 0.1) is 12.1 Å². The number of alkyl halides is 3. The first-order valence-electron chi connectivity index (χ1n) is 9.08. The third kappa shape index (κ3) is 4.20. The Kier molecular flexibility index (Phi) is 5.10. The van der Waals surface area contributed by atoms with E-state index >= 15 is 0 Å². The monoisotopic (exact) mass is 430 g/mol. The number of nitrogens with zero attached hydrogens (tertiary/aromatic N) is 1. The van der Waals surface area contributed by atoms with Crippen molar-refractivity contribution in [2.45, 2.75) is 12.7 Å². The van der Waals surface area contributed by atoms with Gasteiger partial charge in [-0.3, -0.25) is 9.69 Å². The maximum atomic E-state index is 13.8. The van der Waals surface area contributed by atoms with Gasteiger partial charge in [-0.2, -0.15) is 13.2 Å². The van der Waals surface area contributed by atoms with E-state index in [1.54, 1.807) is 6.07 Å². The zero-order valence-electron chi connectivity index (χ0n) is 15.7. The smallest absolute Gasteiger partial charge is 0.416 e. The number of amides is 3. The summed E-state index contributed by atoms with van der Waals surface area (Å²) < 4.78 is 58.1. The molecule has 1 saturated heterocycles. The highest BCUT2D eigenvalue weighted by Gasteiger charge is 2.34. The number of hydrogen-bond donors (Lipinski definition) is 1. The van der Waals surface area contributed by atoms with Gasteiger partial charge in [-0.1, -0.05) is 30.3 Å². The molecule has 0 bridgehead atoms. The van der Waals surface area contributed by atoms with Crippen molar-refractivity contribution >= 4 is 18.0 Å². The second-order valence-electron chi connectivity index (χ2n) is 6.75. The van der Waals surface area contributed by atoms with Crippen LogP contribution in [0.25, 0.3) is 17.4 Å². The molecule has 0 spiro atoms. The Balaban J connectivity index is 1.55. The molecule has 3 aromatic rings. The van der Waals surface area contributed by atoms with Gasteiger partial charge in [0.15, 0.2) is 0 Å². The lowest BCUT2D eigenvalue weighted by Crippen LogP contribution is -2.30. The van der Waals surface area contributed by atoms with E-state index in [2.05, 4.69) is 5.32 Å². The molecule has 1 aromatic heterocycles. The lowest BCUT2D eigenvalue weighted by Gasteiger charge is -2.12. The first kappa shape index (κ1) is 20.4. The van der Waals surface area contributed by atoms with E-state index < -0.39 is 29.5 Å². The second-order valence-corrected chi connectivity index (χ2v) is 6.75. The molecule has 2 heterocycles. The van der Waals surface area contributed by atoms with Gasteiger partial charge in [-0.15, -0.1) is 0 Å². The maximum Gasteiger partial charge on any atom is 0.416 e. The van der Waals surface area contributed by atoms with Crippen molar-refractivity contribution in [1.29, 1.82) is 0 Å². The highest BCUT2D eigenvalue weighted by atomic mass is 19.4. The normalized spacial score (nSPS) is 15.6. The van der Waals surface area contributed by atoms with Crippen LogP contribution in [0, 0.1) is 5.82 Å². The second kappa shape index (κ2) is 7.75. The van der Waals surface area contributed by atoms with Crippen LogP contribution in [0.5, 0.6) is 0 Å². The number of furan rings is 1. The van der Waals surface area contributed by atoms with Gasteiger partial charge in [0, 0.05) is 17.2 Å². The van der Waals surface area contributed by atoms with Gasteiger partial charge in [-0.25, -0.2) is 9.18 Å². The predicted octanol–water partition coefficient (Wildman–Crippen LogP) is 5.20. The zero-order valence-corrected chi connectivity index (χ0v) is 15.7. The molecule has 2 aromatic carbocycles. The summed E-state index contributed by atoms with van der Waals surface area (Å²) in [4.78, 5) is 25.6. The van der Waals surface area contributed by atoms with Crippen molar-refractivity contribution in [3.05, 3.63) is 89.1 Å². The number of rotatable bonds is 4. The third-order valence-corrected chi connectivity index (χ3v) is 4.64. The van der Waals surface area contributed by atoms with Crippen molar-refractivity contribution in [2.75, 3.05) is 0 Å². The minimum Gasteiger partial charge on any atom is -0.457 e. The minimum absolute atomic E-state index is 0.0914. The predicted molar refractivity (Wildman–Crippen MR) is 103 cm³/mol. The highest BCUT2D eigenvalue weighted by molar-refractivity contribution is 6.13. The summed E-state index contributed by atoms with van der Waals surface area (Å²) in [7, 11) is 0. The molecule has 1 aliphatic heterocycles. The van der Waals surface area contributed by atoms with Crippen LogP contribution in [0.1, 0.15) is 16.9 Å². The lowest BCUT2D eigenvalue weighted by molar-refractivity contribution is -0.137. The summed E-state index contributed by atoms with van der Waals surface area (Å²) in [5.74, 6) is -0.899. The van der Waals surface area contributed by atoms with Crippen LogP contribution < -0.4 is 5.32 Å². The van der Waals surface area contributed by atoms with Crippen molar-refractivity contribution in [3.8, 4) is 11.3 Å². The molecule has 0 radical (unpaired) electrons. The van der Waals surface area contributed by atoms with Gasteiger partial charge in [0.2, 0.25) is 0 Å². The Bertz CT molecular complexity index is 1200. The summed E-state index contributed by atoms with van der Waals surface area (Å²) in [5, 5.41) is 2.39. The summed E-state index contributed by atoms with van der Waals surface area (Å²) in [5.41, 5.74) is -0.519. The minimum atomic E-state index is -4.49. The van der Waals surface area contributed by atoms with Crippen LogP contribution in [0.15, 0.2) is 70.8 Å². The molecule has 1 aliphatic rings. The quantitative estimate of drug-likeness (QED) is 0.352. The zero-order chi connectivity index (χ0) is 22.2. The molecule has 1 N–H and O–H groups in total. The van der Waals surface area contributed by atoms with E-state index in [0.29, 0.717) is 0 Å². The number of hydrogen-bond acceptors (Lipinski definition) is 3. The van der Waals surface area contributed by atoms with Crippen LogP contribution in [-0.4, -0.2) is 16.8 Å². The van der Waals surface area contributed by atoms with Gasteiger partial charge in [0.25, 0.3) is 5.91 Å². The lowest BCUT2D eigenvalue weighted by atomic mass is 10.1. The average molecular weight is 430 g/mol. The molecule has 5 nitrogen and oxygen atoms in total. The number of benzene rings is 2. The number of urea groups is 1. The number of halogens is 4. The Morgan fingerprint density at radius 3 is 2.52 bits per heavy atom. The number of carbonyl (C=O) groups excluding carboxylic acids is 2. The van der Waals surface area contributed by atoms with Crippen LogP contribution in [0.4, 0.5) is 22.4 Å². The Morgan fingerprint density at radius 2 is 1.77 bits per heavy atom. The van der Waals surface area contributed by atoms with Crippen molar-refractivity contribution in [2.24, 2.45) is 0 Å². The molecule has 0 unspecified atom stereocenters. The van der Waals surface area contributed by atoms with Crippen LogP contribution in [0.3, 0.4) is 0 Å². The SMILES string of the molecule is O=C1N/C(=C/c2ccc(-c3cccc(C(F)(F)F)c3)o2)C(=O)N1Cc1ccccc1F. The van der Waals surface area contributed by atoms with Crippen molar-refractivity contribution < 1.29 is 31.6 Å². The molecular weight excluding hydrogens is 416 g/mol. The van der Waals surface area contributed by atoms with E-state index in [1.807, 2.05) is 0 Å². The molecule has 3 amide bonds. The van der Waals surface area contributed by atoms with Crippen molar-refractivity contribution in [3.63, 3.8) is 0 Å². The van der Waals surface area contributed by atoms with Crippen LogP contribution in [-0.2, 0) is 17.5 Å². The van der Waals surface area contributed by atoms with Gasteiger partial charge < -0.3 is 9.73 Å². The average Bonchev–Trinajstić information content (AvgIpc) is 3.29. The fourth-order valence-corrected chi connectivity index (χ4v) is 3.09. The van der Waals surface area contributed by atoms with E-state index in [1.165, 1.54) is 48.5 Å². The number of nitrogens with one attached hydrogen (secondary N) is 1. The number of carbonyl (C=O) groups is 2. The fourth-order valence-electron chi connectivity index (χ4n) is 3.09. The molecule has 0 aliphatic carbocycles. The first-order chi connectivity index (χ1) is 14.7. The van der Waals surface area contributed by atoms with E-state index in [9.17, 15) is 27.2 Å². The van der Waals surface area contributed by atoms with Crippen molar-refractivity contribution in [1.82, 2.24) is 10.2 Å². The molecular formula is C22H14F4N2O3. The van der Waals surface area contributed by atoms with E-state index in [4.69, 9.17) is 4.42 Å². The van der Waals surface area contributed by atoms with Gasteiger partial charge in [0.1, 0.15) is 23.0 Å². The molecule has 31 heavy (non-hydrogen) atoms. The summed E-state index contributed by atoms with van der Waals surface area (Å²) in [6.07, 6.45) is -3.23. The van der Waals surface area contributed by atoms with Crippen LogP contribution >= 0.6 is 0 Å². The Morgan fingerprint density at radius 1 is 1.00 bits per heavy atom. The molecule has 158 valence electrons. The molecule has 1 fully saturated rings. The summed E-state index contributed by atoms with van der Waals surface area (Å²) >= 11 is 0. The maximum absolute atomic E-state index is 13.8. The standard InChI is InChI=1S/C22H14F4N2O3/c23-17-7-2-1-4-14(17)12-28-20(29)18(27-21(28)30)11-16-8-9-19(31-16)13-5-3-6-15(10-13)22(24,25)26/h1-11H,12H2,(H,27,30)/b18-11+. The van der Waals surface area contributed by atoms with E-state index in [-0.39, 0.29) is 34.9 Å². The van der Waals surface area contributed by atoms with E-state index in [0.717, 1.165) is 17.0 Å². The highest BCUT2D eigenvalue weighted by Crippen LogP contribution is 2.33. The van der Waals surface area contributed by atoms with Gasteiger partial charge in [-0.05, 0) is 30.3 Å². The largest absolute Gasteiger partial charge is 0.457 e. The topological polar surface area (TPSA) is 62.6 Å². The first-order valence-corrected chi connectivity index (χ1v) is 9.08. The Labute approximate surface area is 173 Å². The molecule has 4 rings (SSSR count). The number of imide groups is 1. The molecule has 9 heteroatoms. The fraction of sp³-hybridized carbons (Fsp3) is 0.0909.